The lowest BCUT2D eigenvalue weighted by Crippen LogP contribution is -2.58. The number of amides is 1. The summed E-state index contributed by atoms with van der Waals surface area (Å²) in [6.45, 7) is 21.8. The first-order chi connectivity index (χ1) is 19.9. The van der Waals surface area contributed by atoms with Gasteiger partial charge in [-0.05, 0) is 95.9 Å². The van der Waals surface area contributed by atoms with Crippen molar-refractivity contribution in [3.05, 3.63) is 0 Å². The predicted octanol–water partition coefficient (Wildman–Crippen LogP) is 3.32. The van der Waals surface area contributed by atoms with Gasteiger partial charge in [-0.1, -0.05) is 0 Å². The van der Waals surface area contributed by atoms with Crippen LogP contribution in [0.5, 0.6) is 0 Å². The zero-order chi connectivity index (χ0) is 34.1. The summed E-state index contributed by atoms with van der Waals surface area (Å²) in [7, 11) is 1.42. The largest absolute Gasteiger partial charge is 0.459 e. The molecule has 1 amide bonds. The molecule has 2 N–H and O–H groups in total. The Hall–Kier alpha value is -2.48. The van der Waals surface area contributed by atoms with E-state index in [4.69, 9.17) is 28.4 Å². The van der Waals surface area contributed by atoms with Gasteiger partial charge in [0.15, 0.2) is 6.04 Å². The van der Waals surface area contributed by atoms with Gasteiger partial charge in [-0.3, -0.25) is 14.5 Å². The molecule has 256 valence electrons. The van der Waals surface area contributed by atoms with Crippen LogP contribution < -0.4 is 10.6 Å². The maximum atomic E-state index is 13.3. The molecular weight excluding hydrogens is 574 g/mol. The van der Waals surface area contributed by atoms with E-state index in [-0.39, 0.29) is 25.3 Å². The van der Waals surface area contributed by atoms with E-state index >= 15 is 0 Å². The third kappa shape index (κ3) is 16.0. The second-order valence-corrected chi connectivity index (χ2v) is 14.9. The number of esters is 3. The van der Waals surface area contributed by atoms with E-state index in [9.17, 15) is 19.2 Å². The molecule has 4 atom stereocenters. The van der Waals surface area contributed by atoms with Gasteiger partial charge in [0, 0.05) is 26.7 Å². The van der Waals surface area contributed by atoms with Gasteiger partial charge in [-0.2, -0.15) is 0 Å². The topological polar surface area (TPSA) is 151 Å². The molecule has 0 aromatic heterocycles. The van der Waals surface area contributed by atoms with Crippen molar-refractivity contribution in [3.63, 3.8) is 0 Å². The van der Waals surface area contributed by atoms with E-state index in [1.165, 1.54) is 7.11 Å². The summed E-state index contributed by atoms with van der Waals surface area (Å²) in [4.78, 5) is 54.0. The molecule has 0 saturated carbocycles. The number of likely N-dealkylation sites (tertiary alicyclic amines) is 1. The van der Waals surface area contributed by atoms with Gasteiger partial charge in [-0.15, -0.1) is 0 Å². The summed E-state index contributed by atoms with van der Waals surface area (Å²) in [6, 6.07) is -2.53. The molecular formula is C31H57N3O10. The lowest BCUT2D eigenvalue weighted by atomic mass is 10.0. The standard InChI is InChI=1S/C31H57N3O10/c1-28(2,3)41-24(35)20(14-16-34-17-15-21(34)25(36)42-29(4,5)6)32-18-22(40-19-39-13)23(26(37)43-30(7,8)9)33-27(38)44-31(10,11)12/h20-23,32H,14-19H2,1-13H3,(H,33,38)/t20-,21-,22+,23-/m0/s1. The Bertz CT molecular complexity index is 960. The monoisotopic (exact) mass is 631 g/mol. The van der Waals surface area contributed by atoms with Crippen LogP contribution in [0.2, 0.25) is 0 Å². The van der Waals surface area contributed by atoms with Gasteiger partial charge in [0.1, 0.15) is 47.4 Å². The predicted molar refractivity (Wildman–Crippen MR) is 164 cm³/mol. The Morgan fingerprint density at radius 2 is 1.30 bits per heavy atom. The van der Waals surface area contributed by atoms with Gasteiger partial charge < -0.3 is 39.1 Å². The molecule has 0 bridgehead atoms. The average molecular weight is 632 g/mol. The fourth-order valence-corrected chi connectivity index (χ4v) is 4.11. The van der Waals surface area contributed by atoms with Crippen molar-refractivity contribution in [2.75, 3.05) is 33.5 Å². The van der Waals surface area contributed by atoms with Crippen LogP contribution in [0, 0.1) is 0 Å². The van der Waals surface area contributed by atoms with Crippen LogP contribution >= 0.6 is 0 Å². The molecule has 1 heterocycles. The number of nitrogens with one attached hydrogen (secondary N) is 2. The van der Waals surface area contributed by atoms with Crippen LogP contribution in [-0.2, 0) is 42.8 Å². The first-order valence-corrected chi connectivity index (χ1v) is 15.2. The van der Waals surface area contributed by atoms with Crippen LogP contribution in [0.15, 0.2) is 0 Å². The van der Waals surface area contributed by atoms with E-state index in [1.54, 1.807) is 62.3 Å². The van der Waals surface area contributed by atoms with Crippen LogP contribution in [0.1, 0.15) is 95.9 Å². The molecule has 1 aliphatic heterocycles. The number of hydrogen-bond donors (Lipinski definition) is 2. The zero-order valence-corrected chi connectivity index (χ0v) is 29.1. The number of nitrogens with zero attached hydrogens (tertiary/aromatic N) is 1. The quantitative estimate of drug-likeness (QED) is 0.164. The van der Waals surface area contributed by atoms with Crippen molar-refractivity contribution in [2.45, 2.75) is 143 Å². The van der Waals surface area contributed by atoms with E-state index in [0.717, 1.165) is 0 Å². The Morgan fingerprint density at radius 3 is 1.75 bits per heavy atom. The summed E-state index contributed by atoms with van der Waals surface area (Å²) in [5.74, 6) is -1.56. The third-order valence-corrected chi connectivity index (χ3v) is 5.88. The normalized spacial score (nSPS) is 18.3. The van der Waals surface area contributed by atoms with Crippen molar-refractivity contribution < 1.29 is 47.6 Å². The molecule has 44 heavy (non-hydrogen) atoms. The van der Waals surface area contributed by atoms with Crippen molar-refractivity contribution in [2.24, 2.45) is 0 Å². The van der Waals surface area contributed by atoms with Gasteiger partial charge in [-0.25, -0.2) is 9.59 Å². The second-order valence-electron chi connectivity index (χ2n) is 14.9. The van der Waals surface area contributed by atoms with Gasteiger partial charge >= 0.3 is 24.0 Å². The Kier molecular flexibility index (Phi) is 14.6. The summed E-state index contributed by atoms with van der Waals surface area (Å²) in [6.07, 6.45) is -0.906. The van der Waals surface area contributed by atoms with E-state index in [0.29, 0.717) is 25.9 Å². The highest BCUT2D eigenvalue weighted by molar-refractivity contribution is 5.82. The molecule has 13 heteroatoms. The molecule has 1 fully saturated rings. The molecule has 13 nitrogen and oxygen atoms in total. The van der Waals surface area contributed by atoms with Gasteiger partial charge in [0.05, 0.1) is 0 Å². The molecule has 0 aliphatic carbocycles. The maximum Gasteiger partial charge on any atom is 0.408 e. The van der Waals surface area contributed by atoms with Crippen LogP contribution in [0.25, 0.3) is 0 Å². The van der Waals surface area contributed by atoms with Gasteiger partial charge in [0.25, 0.3) is 0 Å². The number of carbonyl (C=O) groups excluding carboxylic acids is 4. The highest BCUT2D eigenvalue weighted by Gasteiger charge is 2.39. The van der Waals surface area contributed by atoms with Crippen molar-refractivity contribution in [1.82, 2.24) is 15.5 Å². The molecule has 1 aliphatic rings. The second kappa shape index (κ2) is 16.2. The highest BCUT2D eigenvalue weighted by Crippen LogP contribution is 2.23. The fourth-order valence-electron chi connectivity index (χ4n) is 4.11. The zero-order valence-electron chi connectivity index (χ0n) is 29.1. The van der Waals surface area contributed by atoms with Crippen LogP contribution in [0.3, 0.4) is 0 Å². The molecule has 0 aromatic rings. The number of alkyl carbamates (subject to hydrolysis) is 1. The number of rotatable bonds is 14. The Balaban J connectivity index is 3.19. The fraction of sp³-hybridized carbons (Fsp3) is 0.871. The SMILES string of the molecule is COCO[C@H](CN[C@@H](CCN1CC[C@H]1C(=O)OC(C)(C)C)C(=O)OC(C)(C)C)[C@H](NC(=O)OC(C)(C)C)C(=O)OC(C)(C)C. The third-order valence-electron chi connectivity index (χ3n) is 5.88. The molecule has 0 unspecified atom stereocenters. The smallest absolute Gasteiger partial charge is 0.408 e. The Labute approximate surface area is 263 Å². The van der Waals surface area contributed by atoms with E-state index in [1.807, 2.05) is 25.7 Å². The summed E-state index contributed by atoms with van der Waals surface area (Å²) in [5, 5.41) is 5.73. The minimum absolute atomic E-state index is 0.0670. The minimum Gasteiger partial charge on any atom is -0.459 e. The number of methoxy groups -OCH3 is 1. The molecule has 1 rings (SSSR count). The van der Waals surface area contributed by atoms with Crippen LogP contribution in [0.4, 0.5) is 4.79 Å². The highest BCUT2D eigenvalue weighted by atomic mass is 16.7. The summed E-state index contributed by atoms with van der Waals surface area (Å²) in [5.41, 5.74) is -3.03. The lowest BCUT2D eigenvalue weighted by molar-refractivity contribution is -0.166. The summed E-state index contributed by atoms with van der Waals surface area (Å²) >= 11 is 0. The molecule has 0 spiro atoms. The molecule has 0 aromatic carbocycles. The first kappa shape index (κ1) is 39.5. The number of hydrogen-bond acceptors (Lipinski definition) is 12. The Morgan fingerprint density at radius 1 is 0.773 bits per heavy atom. The average Bonchev–Trinajstić information content (AvgIpc) is 2.76. The number of ether oxygens (including phenoxy) is 6. The first-order valence-electron chi connectivity index (χ1n) is 15.2. The van der Waals surface area contributed by atoms with Gasteiger partial charge in [0.2, 0.25) is 0 Å². The molecule has 1 saturated heterocycles. The number of carbonyl (C=O) groups is 4. The summed E-state index contributed by atoms with van der Waals surface area (Å²) < 4.78 is 33.1. The van der Waals surface area contributed by atoms with E-state index < -0.39 is 58.6 Å². The van der Waals surface area contributed by atoms with E-state index in [2.05, 4.69) is 10.6 Å². The van der Waals surface area contributed by atoms with Crippen molar-refractivity contribution in [1.29, 1.82) is 0 Å². The van der Waals surface area contributed by atoms with Crippen LogP contribution in [-0.4, -0.2) is 109 Å². The van der Waals surface area contributed by atoms with Crippen molar-refractivity contribution >= 4 is 24.0 Å². The maximum absolute atomic E-state index is 13.3. The van der Waals surface area contributed by atoms with Crippen molar-refractivity contribution in [3.8, 4) is 0 Å². The lowest BCUT2D eigenvalue weighted by Gasteiger charge is -2.41. The minimum atomic E-state index is -1.31. The molecule has 0 radical (unpaired) electrons.